The highest BCUT2D eigenvalue weighted by Gasteiger charge is 2.17. The average molecular weight is 618 g/mol. The largest absolute Gasteiger partial charge is 0.497 e. The number of benzene rings is 4. The number of nitrogens with one attached hydrogen (secondary N) is 1. The minimum atomic E-state index is -0.580. The molecule has 0 aliphatic rings. The van der Waals surface area contributed by atoms with E-state index >= 15 is 0 Å². The third-order valence-corrected chi connectivity index (χ3v) is 7.81. The maximum absolute atomic E-state index is 13.3. The summed E-state index contributed by atoms with van der Waals surface area (Å²) in [5, 5.41) is 4.15. The van der Waals surface area contributed by atoms with Gasteiger partial charge < -0.3 is 31.2 Å². The molecule has 9 heteroatoms. The van der Waals surface area contributed by atoms with Crippen LogP contribution in [0.2, 0.25) is 0 Å². The summed E-state index contributed by atoms with van der Waals surface area (Å²) >= 11 is 0. The Morgan fingerprint density at radius 1 is 0.913 bits per heavy atom. The van der Waals surface area contributed by atoms with Crippen LogP contribution in [-0.4, -0.2) is 55.6 Å². The number of hydrogen-bond donors (Lipinski definition) is 3. The first-order valence-corrected chi connectivity index (χ1v) is 15.1. The molecule has 0 saturated carbocycles. The topological polar surface area (TPSA) is 133 Å². The van der Waals surface area contributed by atoms with Crippen LogP contribution in [0.3, 0.4) is 0 Å². The number of methoxy groups -OCH3 is 1. The molecule has 5 aromatic rings. The van der Waals surface area contributed by atoms with Crippen LogP contribution in [0.5, 0.6) is 11.5 Å². The average Bonchev–Trinajstić information content (AvgIpc) is 3.05. The molecule has 4 aromatic carbocycles. The van der Waals surface area contributed by atoms with Gasteiger partial charge in [-0.1, -0.05) is 36.4 Å². The van der Waals surface area contributed by atoms with Gasteiger partial charge in [0.1, 0.15) is 18.1 Å². The zero-order chi connectivity index (χ0) is 32.6. The van der Waals surface area contributed by atoms with Gasteiger partial charge in [0.15, 0.2) is 0 Å². The quantitative estimate of drug-likeness (QED) is 0.156. The van der Waals surface area contributed by atoms with Crippen LogP contribution in [0.15, 0.2) is 91.1 Å². The van der Waals surface area contributed by atoms with Crippen LogP contribution in [0, 0.1) is 6.92 Å². The maximum atomic E-state index is 13.3. The van der Waals surface area contributed by atoms with Gasteiger partial charge in [-0.25, -0.2) is 0 Å². The molecule has 0 fully saturated rings. The minimum Gasteiger partial charge on any atom is -0.497 e. The molecule has 0 aliphatic carbocycles. The fraction of sp³-hybridized carbons (Fsp3) is 0.216. The molecule has 0 aliphatic heterocycles. The fourth-order valence-electron chi connectivity index (χ4n) is 5.42. The Morgan fingerprint density at radius 2 is 1.70 bits per heavy atom. The molecule has 2 amide bonds. The number of aromatic nitrogens is 1. The minimum absolute atomic E-state index is 0.0847. The van der Waals surface area contributed by atoms with E-state index in [2.05, 4.69) is 16.4 Å². The highest BCUT2D eigenvalue weighted by molar-refractivity contribution is 6.08. The summed E-state index contributed by atoms with van der Waals surface area (Å²) in [6.45, 7) is 3.41. The van der Waals surface area contributed by atoms with Crippen LogP contribution in [0.4, 0.5) is 11.4 Å². The summed E-state index contributed by atoms with van der Waals surface area (Å²) in [6, 6.07) is 27.0. The molecule has 236 valence electrons. The summed E-state index contributed by atoms with van der Waals surface area (Å²) in [4.78, 5) is 32.0. The Hall–Kier alpha value is -5.41. The molecule has 1 heterocycles. The number of ether oxygens (including phenoxy) is 2. The third-order valence-electron chi connectivity index (χ3n) is 7.81. The Labute approximate surface area is 269 Å². The highest BCUT2D eigenvalue weighted by Crippen LogP contribution is 2.33. The van der Waals surface area contributed by atoms with Crippen LogP contribution in [-0.2, 0) is 12.8 Å². The standard InChI is InChI=1S/C37H39N5O4/c1-24-18-27(21-32-34(24)40-23-33(36(39)43)35(32)41-29-8-5-9-31(22-29)45-3)19-26-6-4-7-28(20-26)37(44)42(2)16-17-46-30-12-10-25(11-13-30)14-15-38/h4-13,18,20-23H,14-17,19,38H2,1-3H3,(H2,39,43)(H,40,41). The second-order valence-corrected chi connectivity index (χ2v) is 11.2. The van der Waals surface area contributed by atoms with E-state index in [1.165, 1.54) is 11.8 Å². The van der Waals surface area contributed by atoms with Crippen molar-refractivity contribution in [1.29, 1.82) is 0 Å². The molecule has 0 radical (unpaired) electrons. The molecule has 0 atom stereocenters. The van der Waals surface area contributed by atoms with E-state index in [4.69, 9.17) is 20.9 Å². The lowest BCUT2D eigenvalue weighted by Gasteiger charge is -2.18. The molecular weight excluding hydrogens is 578 g/mol. The normalized spacial score (nSPS) is 10.9. The lowest BCUT2D eigenvalue weighted by atomic mass is 9.97. The molecular formula is C37H39N5O4. The maximum Gasteiger partial charge on any atom is 0.253 e. The summed E-state index contributed by atoms with van der Waals surface area (Å²) in [7, 11) is 3.38. The number of rotatable bonds is 13. The first-order chi connectivity index (χ1) is 22.2. The van der Waals surface area contributed by atoms with E-state index in [9.17, 15) is 9.59 Å². The van der Waals surface area contributed by atoms with E-state index < -0.39 is 5.91 Å². The molecule has 5 N–H and O–H groups in total. The number of carbonyl (C=O) groups is 2. The summed E-state index contributed by atoms with van der Waals surface area (Å²) in [5.74, 6) is 0.776. The molecule has 9 nitrogen and oxygen atoms in total. The number of fused-ring (bicyclic) bond motifs is 1. The Bertz CT molecular complexity index is 1860. The van der Waals surface area contributed by atoms with Crippen molar-refractivity contribution in [3.05, 3.63) is 125 Å². The van der Waals surface area contributed by atoms with E-state index in [1.54, 1.807) is 19.1 Å². The second kappa shape index (κ2) is 14.6. The van der Waals surface area contributed by atoms with Crippen molar-refractivity contribution in [3.8, 4) is 11.5 Å². The highest BCUT2D eigenvalue weighted by atomic mass is 16.5. The van der Waals surface area contributed by atoms with Crippen LogP contribution in [0.1, 0.15) is 43.0 Å². The van der Waals surface area contributed by atoms with Crippen LogP contribution in [0.25, 0.3) is 10.9 Å². The van der Waals surface area contributed by atoms with Crippen molar-refractivity contribution < 1.29 is 19.1 Å². The summed E-state index contributed by atoms with van der Waals surface area (Å²) in [6.07, 6.45) is 2.91. The zero-order valence-electron chi connectivity index (χ0n) is 26.4. The van der Waals surface area contributed by atoms with Crippen molar-refractivity contribution in [2.24, 2.45) is 11.5 Å². The second-order valence-electron chi connectivity index (χ2n) is 11.2. The molecule has 0 unspecified atom stereocenters. The molecule has 0 bridgehead atoms. The van der Waals surface area contributed by atoms with Crippen LogP contribution < -0.4 is 26.3 Å². The number of nitrogens with two attached hydrogens (primary N) is 2. The number of aryl methyl sites for hydroxylation is 1. The van der Waals surface area contributed by atoms with Gasteiger partial charge in [0.05, 0.1) is 30.4 Å². The lowest BCUT2D eigenvalue weighted by Crippen LogP contribution is -2.30. The number of hydrogen-bond acceptors (Lipinski definition) is 7. The van der Waals surface area contributed by atoms with Gasteiger partial charge >= 0.3 is 0 Å². The van der Waals surface area contributed by atoms with Crippen molar-refractivity contribution in [1.82, 2.24) is 9.88 Å². The Balaban J connectivity index is 1.33. The van der Waals surface area contributed by atoms with Gasteiger partial charge in [-0.05, 0) is 91.0 Å². The molecule has 1 aromatic heterocycles. The summed E-state index contributed by atoms with van der Waals surface area (Å²) < 4.78 is 11.2. The molecule has 0 spiro atoms. The van der Waals surface area contributed by atoms with Crippen molar-refractivity contribution >= 4 is 34.1 Å². The van der Waals surface area contributed by atoms with Crippen molar-refractivity contribution in [3.63, 3.8) is 0 Å². The first-order valence-electron chi connectivity index (χ1n) is 15.1. The van der Waals surface area contributed by atoms with Gasteiger partial charge in [-0.2, -0.15) is 0 Å². The van der Waals surface area contributed by atoms with Crippen LogP contribution >= 0.6 is 0 Å². The number of anilines is 2. The van der Waals surface area contributed by atoms with E-state index in [-0.39, 0.29) is 11.5 Å². The number of primary amides is 1. The Kier molecular flexibility index (Phi) is 10.1. The number of pyridine rings is 1. The van der Waals surface area contributed by atoms with Gasteiger partial charge in [0.2, 0.25) is 0 Å². The van der Waals surface area contributed by atoms with E-state index in [1.807, 2.05) is 85.8 Å². The third kappa shape index (κ3) is 7.62. The van der Waals surface area contributed by atoms with Gasteiger partial charge in [0.25, 0.3) is 11.8 Å². The van der Waals surface area contributed by atoms with Gasteiger partial charge in [0, 0.05) is 35.9 Å². The molecule has 5 rings (SSSR count). The molecule has 46 heavy (non-hydrogen) atoms. The zero-order valence-corrected chi connectivity index (χ0v) is 26.4. The predicted molar refractivity (Wildman–Crippen MR) is 182 cm³/mol. The fourth-order valence-corrected chi connectivity index (χ4v) is 5.42. The SMILES string of the molecule is COc1cccc(Nc2c(C(N)=O)cnc3c(C)cc(Cc4cccc(C(=O)N(C)CCOc5ccc(CCN)cc5)c4)cc23)c1. The number of nitrogens with zero attached hydrogens (tertiary/aromatic N) is 2. The lowest BCUT2D eigenvalue weighted by molar-refractivity contribution is 0.0773. The van der Waals surface area contributed by atoms with Gasteiger partial charge in [-0.3, -0.25) is 14.6 Å². The number of carbonyl (C=O) groups excluding carboxylic acids is 2. The smallest absolute Gasteiger partial charge is 0.253 e. The number of likely N-dealkylation sites (N-methyl/N-ethyl adjacent to an activating group) is 1. The predicted octanol–water partition coefficient (Wildman–Crippen LogP) is 5.64. The van der Waals surface area contributed by atoms with Crippen molar-refractivity contribution in [2.75, 3.05) is 39.2 Å². The van der Waals surface area contributed by atoms with Crippen molar-refractivity contribution in [2.45, 2.75) is 19.8 Å². The van der Waals surface area contributed by atoms with Gasteiger partial charge in [-0.15, -0.1) is 0 Å². The monoisotopic (exact) mass is 617 g/mol. The number of amides is 2. The van der Waals surface area contributed by atoms with E-state index in [0.717, 1.165) is 45.5 Å². The van der Waals surface area contributed by atoms with E-state index in [0.29, 0.717) is 43.1 Å². The summed E-state index contributed by atoms with van der Waals surface area (Å²) in [5.41, 5.74) is 18.5. The first kappa shape index (κ1) is 32.0. The molecule has 0 saturated heterocycles. The Morgan fingerprint density at radius 3 is 2.43 bits per heavy atom.